The molecule has 0 amide bonds. The summed E-state index contributed by atoms with van der Waals surface area (Å²) in [4.78, 5) is 0. The van der Waals surface area contributed by atoms with E-state index in [9.17, 15) is 0 Å². The van der Waals surface area contributed by atoms with Gasteiger partial charge in [-0.2, -0.15) is 0 Å². The summed E-state index contributed by atoms with van der Waals surface area (Å²) in [5, 5.41) is 3.61. The van der Waals surface area contributed by atoms with Crippen molar-refractivity contribution >= 4 is 0 Å². The Morgan fingerprint density at radius 2 is 2.12 bits per heavy atom. The predicted molar refractivity (Wildman–Crippen MR) is 66.6 cm³/mol. The van der Waals surface area contributed by atoms with Gasteiger partial charge in [0.2, 0.25) is 0 Å². The molecule has 1 aromatic rings. The average Bonchev–Trinajstić information content (AvgIpc) is 2.82. The molecule has 2 rings (SSSR count). The zero-order valence-corrected chi connectivity index (χ0v) is 10.2. The molecule has 0 saturated carbocycles. The molecular formula is C14H21NO. The van der Waals surface area contributed by atoms with E-state index < -0.39 is 0 Å². The second-order valence-electron chi connectivity index (χ2n) is 4.54. The van der Waals surface area contributed by atoms with E-state index in [1.165, 1.54) is 11.1 Å². The molecule has 1 heterocycles. The third kappa shape index (κ3) is 2.83. The first-order chi connectivity index (χ1) is 7.79. The minimum Gasteiger partial charge on any atom is -0.380 e. The highest BCUT2D eigenvalue weighted by molar-refractivity contribution is 5.24. The van der Waals surface area contributed by atoms with Crippen LogP contribution in [0.5, 0.6) is 0 Å². The highest BCUT2D eigenvalue weighted by Gasteiger charge is 2.17. The van der Waals surface area contributed by atoms with Gasteiger partial charge in [0.25, 0.3) is 0 Å². The van der Waals surface area contributed by atoms with Crippen molar-refractivity contribution in [1.82, 2.24) is 5.32 Å². The Morgan fingerprint density at radius 3 is 2.69 bits per heavy atom. The molecule has 16 heavy (non-hydrogen) atoms. The lowest BCUT2D eigenvalue weighted by Crippen LogP contribution is -2.31. The van der Waals surface area contributed by atoms with E-state index in [2.05, 4.69) is 43.4 Å². The Balaban J connectivity index is 1.94. The monoisotopic (exact) mass is 219 g/mol. The molecule has 1 fully saturated rings. The van der Waals surface area contributed by atoms with E-state index in [0.29, 0.717) is 12.1 Å². The maximum absolute atomic E-state index is 5.37. The average molecular weight is 219 g/mol. The summed E-state index contributed by atoms with van der Waals surface area (Å²) >= 11 is 0. The molecule has 2 atom stereocenters. The number of benzene rings is 1. The fraction of sp³-hybridized carbons (Fsp3) is 0.571. The van der Waals surface area contributed by atoms with Crippen LogP contribution in [0.3, 0.4) is 0 Å². The summed E-state index contributed by atoms with van der Waals surface area (Å²) in [6, 6.07) is 9.84. The smallest absolute Gasteiger partial charge is 0.0620 e. The molecule has 0 bridgehead atoms. The van der Waals surface area contributed by atoms with Gasteiger partial charge in [-0.3, -0.25) is 0 Å². The number of hydrogen-bond acceptors (Lipinski definition) is 2. The Bertz CT molecular complexity index is 314. The lowest BCUT2D eigenvalue weighted by Gasteiger charge is -2.18. The van der Waals surface area contributed by atoms with Crippen LogP contribution in [0, 0.1) is 0 Å². The molecule has 0 aromatic heterocycles. The Hall–Kier alpha value is -0.860. The normalized spacial score (nSPS) is 22.2. The van der Waals surface area contributed by atoms with Gasteiger partial charge in [0.05, 0.1) is 6.61 Å². The van der Waals surface area contributed by atoms with Crippen molar-refractivity contribution in [3.63, 3.8) is 0 Å². The van der Waals surface area contributed by atoms with Crippen LogP contribution < -0.4 is 5.32 Å². The van der Waals surface area contributed by atoms with Crippen molar-refractivity contribution in [3.8, 4) is 0 Å². The van der Waals surface area contributed by atoms with Crippen molar-refractivity contribution < 1.29 is 4.74 Å². The number of hydrogen-bond donors (Lipinski definition) is 1. The summed E-state index contributed by atoms with van der Waals surface area (Å²) < 4.78 is 5.37. The fourth-order valence-electron chi connectivity index (χ4n) is 2.16. The quantitative estimate of drug-likeness (QED) is 0.840. The van der Waals surface area contributed by atoms with Crippen LogP contribution in [0.15, 0.2) is 24.3 Å². The molecule has 88 valence electrons. The van der Waals surface area contributed by atoms with Crippen LogP contribution in [0.4, 0.5) is 0 Å². The SMILES string of the molecule is CCc1ccc([C@H](C)N[C@H]2CCOC2)cc1. The zero-order chi connectivity index (χ0) is 11.4. The standard InChI is InChI=1S/C14H21NO/c1-3-12-4-6-13(7-5-12)11(2)15-14-8-9-16-10-14/h4-7,11,14-15H,3,8-10H2,1-2H3/t11-,14-/m0/s1. The van der Waals surface area contributed by atoms with Crippen molar-refractivity contribution in [2.75, 3.05) is 13.2 Å². The van der Waals surface area contributed by atoms with Crippen molar-refractivity contribution in [2.45, 2.75) is 38.8 Å². The van der Waals surface area contributed by atoms with Crippen LogP contribution in [0.25, 0.3) is 0 Å². The number of ether oxygens (including phenoxy) is 1. The van der Waals surface area contributed by atoms with E-state index in [1.807, 2.05) is 0 Å². The highest BCUT2D eigenvalue weighted by atomic mass is 16.5. The minimum atomic E-state index is 0.414. The van der Waals surface area contributed by atoms with E-state index in [0.717, 1.165) is 26.1 Å². The molecule has 1 aromatic carbocycles. The first-order valence-electron chi connectivity index (χ1n) is 6.22. The lowest BCUT2D eigenvalue weighted by atomic mass is 10.0. The van der Waals surface area contributed by atoms with E-state index in [4.69, 9.17) is 4.74 Å². The van der Waals surface area contributed by atoms with Crippen molar-refractivity contribution in [3.05, 3.63) is 35.4 Å². The minimum absolute atomic E-state index is 0.414. The third-order valence-corrected chi connectivity index (χ3v) is 3.30. The Labute approximate surface area is 98.0 Å². The van der Waals surface area contributed by atoms with E-state index >= 15 is 0 Å². The van der Waals surface area contributed by atoms with Crippen LogP contribution in [-0.2, 0) is 11.2 Å². The molecule has 2 nitrogen and oxygen atoms in total. The van der Waals surface area contributed by atoms with E-state index in [-0.39, 0.29) is 0 Å². The van der Waals surface area contributed by atoms with Gasteiger partial charge in [0, 0.05) is 18.7 Å². The van der Waals surface area contributed by atoms with Gasteiger partial charge in [0.15, 0.2) is 0 Å². The number of nitrogens with one attached hydrogen (secondary N) is 1. The Kier molecular flexibility index (Phi) is 3.97. The molecule has 1 saturated heterocycles. The topological polar surface area (TPSA) is 21.3 Å². The zero-order valence-electron chi connectivity index (χ0n) is 10.2. The van der Waals surface area contributed by atoms with Gasteiger partial charge in [-0.1, -0.05) is 31.2 Å². The summed E-state index contributed by atoms with van der Waals surface area (Å²) in [7, 11) is 0. The van der Waals surface area contributed by atoms with Gasteiger partial charge in [-0.15, -0.1) is 0 Å². The highest BCUT2D eigenvalue weighted by Crippen LogP contribution is 2.16. The van der Waals surface area contributed by atoms with Gasteiger partial charge in [-0.05, 0) is 30.9 Å². The number of aryl methyl sites for hydroxylation is 1. The fourth-order valence-corrected chi connectivity index (χ4v) is 2.16. The summed E-state index contributed by atoms with van der Waals surface area (Å²) in [5.74, 6) is 0. The van der Waals surface area contributed by atoms with Gasteiger partial charge in [0.1, 0.15) is 0 Å². The van der Waals surface area contributed by atoms with Gasteiger partial charge < -0.3 is 10.1 Å². The third-order valence-electron chi connectivity index (χ3n) is 3.30. The van der Waals surface area contributed by atoms with Crippen LogP contribution in [0.1, 0.15) is 37.4 Å². The lowest BCUT2D eigenvalue weighted by molar-refractivity contribution is 0.188. The van der Waals surface area contributed by atoms with Crippen LogP contribution in [0.2, 0.25) is 0 Å². The van der Waals surface area contributed by atoms with E-state index in [1.54, 1.807) is 0 Å². The maximum atomic E-state index is 5.37. The first-order valence-corrected chi connectivity index (χ1v) is 6.22. The molecule has 0 aliphatic carbocycles. The Morgan fingerprint density at radius 1 is 1.38 bits per heavy atom. The van der Waals surface area contributed by atoms with Crippen LogP contribution >= 0.6 is 0 Å². The second-order valence-corrected chi connectivity index (χ2v) is 4.54. The molecule has 0 radical (unpaired) electrons. The summed E-state index contributed by atoms with van der Waals surface area (Å²) in [5.41, 5.74) is 2.77. The molecule has 0 spiro atoms. The molecule has 2 heteroatoms. The predicted octanol–water partition coefficient (Wildman–Crippen LogP) is 2.69. The van der Waals surface area contributed by atoms with Gasteiger partial charge in [-0.25, -0.2) is 0 Å². The largest absolute Gasteiger partial charge is 0.380 e. The van der Waals surface area contributed by atoms with Crippen LogP contribution in [-0.4, -0.2) is 19.3 Å². The number of rotatable bonds is 4. The molecule has 1 aliphatic rings. The molecule has 1 N–H and O–H groups in total. The first kappa shape index (κ1) is 11.6. The molecular weight excluding hydrogens is 198 g/mol. The molecule has 0 unspecified atom stereocenters. The van der Waals surface area contributed by atoms with Crippen molar-refractivity contribution in [1.29, 1.82) is 0 Å². The van der Waals surface area contributed by atoms with Crippen molar-refractivity contribution in [2.24, 2.45) is 0 Å². The summed E-state index contributed by atoms with van der Waals surface area (Å²) in [6.45, 7) is 6.17. The van der Waals surface area contributed by atoms with Gasteiger partial charge >= 0.3 is 0 Å². The maximum Gasteiger partial charge on any atom is 0.0620 e. The second kappa shape index (κ2) is 5.46. The molecule has 1 aliphatic heterocycles. The summed E-state index contributed by atoms with van der Waals surface area (Å²) in [6.07, 6.45) is 2.25.